The lowest BCUT2D eigenvalue weighted by Gasteiger charge is -2.36. The van der Waals surface area contributed by atoms with Gasteiger partial charge in [-0.05, 0) is 25.1 Å². The van der Waals surface area contributed by atoms with Gasteiger partial charge in [0.2, 0.25) is 0 Å². The monoisotopic (exact) mass is 293 g/mol. The normalized spacial score (nSPS) is 15.9. The van der Waals surface area contributed by atoms with Gasteiger partial charge in [-0.2, -0.15) is 0 Å². The fourth-order valence-electron chi connectivity index (χ4n) is 2.32. The molecule has 2 aromatic rings. The number of benzene rings is 1. The van der Waals surface area contributed by atoms with Crippen LogP contribution in [0.4, 0.5) is 10.8 Å². The molecule has 0 amide bonds. The second-order valence-corrected chi connectivity index (χ2v) is 6.36. The van der Waals surface area contributed by atoms with E-state index in [1.54, 1.807) is 11.3 Å². The highest BCUT2D eigenvalue weighted by molar-refractivity contribution is 7.15. The van der Waals surface area contributed by atoms with E-state index >= 15 is 0 Å². The van der Waals surface area contributed by atoms with Crippen LogP contribution in [-0.2, 0) is 0 Å². The minimum Gasteiger partial charge on any atom is -0.368 e. The summed E-state index contributed by atoms with van der Waals surface area (Å²) in [6, 6.07) is 8.08. The Morgan fingerprint density at radius 2 is 1.89 bits per heavy atom. The van der Waals surface area contributed by atoms with Crippen molar-refractivity contribution in [3.63, 3.8) is 0 Å². The highest BCUT2D eigenvalue weighted by atomic mass is 35.5. The summed E-state index contributed by atoms with van der Waals surface area (Å²) in [5.74, 6) is 0. The Morgan fingerprint density at radius 3 is 2.53 bits per heavy atom. The van der Waals surface area contributed by atoms with Crippen LogP contribution in [0.2, 0.25) is 5.02 Å². The van der Waals surface area contributed by atoms with Crippen LogP contribution < -0.4 is 9.80 Å². The van der Waals surface area contributed by atoms with Crippen molar-refractivity contribution < 1.29 is 0 Å². The van der Waals surface area contributed by atoms with Crippen LogP contribution in [0, 0.1) is 6.92 Å². The molecule has 0 N–H and O–H groups in total. The molecular formula is C14H16ClN3S. The minimum absolute atomic E-state index is 0.801. The number of piperazine rings is 1. The summed E-state index contributed by atoms with van der Waals surface area (Å²) in [6.07, 6.45) is 1.95. The summed E-state index contributed by atoms with van der Waals surface area (Å²) in [6.45, 7) is 6.15. The van der Waals surface area contributed by atoms with Gasteiger partial charge in [-0.25, -0.2) is 4.98 Å². The number of aromatic nitrogens is 1. The van der Waals surface area contributed by atoms with E-state index in [4.69, 9.17) is 11.6 Å². The molecule has 1 fully saturated rings. The minimum atomic E-state index is 0.801. The van der Waals surface area contributed by atoms with Crippen molar-refractivity contribution in [3.05, 3.63) is 40.4 Å². The maximum absolute atomic E-state index is 6.05. The first-order valence-electron chi connectivity index (χ1n) is 6.40. The van der Waals surface area contributed by atoms with E-state index in [0.717, 1.165) is 36.3 Å². The van der Waals surface area contributed by atoms with Gasteiger partial charge in [-0.15, -0.1) is 11.3 Å². The molecule has 1 saturated heterocycles. The fourth-order valence-corrected chi connectivity index (χ4v) is 3.31. The number of thiazole rings is 1. The Kier molecular flexibility index (Phi) is 3.62. The van der Waals surface area contributed by atoms with Crippen molar-refractivity contribution in [1.82, 2.24) is 4.98 Å². The smallest absolute Gasteiger partial charge is 0.185 e. The van der Waals surface area contributed by atoms with Gasteiger partial charge in [0, 0.05) is 48.0 Å². The molecule has 1 aliphatic heterocycles. The molecule has 0 aliphatic carbocycles. The second kappa shape index (κ2) is 5.39. The van der Waals surface area contributed by atoms with Crippen molar-refractivity contribution in [2.45, 2.75) is 6.92 Å². The van der Waals surface area contributed by atoms with E-state index in [1.165, 1.54) is 10.6 Å². The zero-order chi connectivity index (χ0) is 13.2. The van der Waals surface area contributed by atoms with E-state index in [0.29, 0.717) is 0 Å². The summed E-state index contributed by atoms with van der Waals surface area (Å²) in [5.41, 5.74) is 1.21. The van der Waals surface area contributed by atoms with Crippen molar-refractivity contribution in [2.75, 3.05) is 36.0 Å². The Hall–Kier alpha value is -1.26. The maximum Gasteiger partial charge on any atom is 0.185 e. The molecule has 19 heavy (non-hydrogen) atoms. The SMILES string of the molecule is Cc1cnc(N2CCN(c3cccc(Cl)c3)CC2)s1. The summed E-state index contributed by atoms with van der Waals surface area (Å²) in [5, 5.41) is 1.94. The molecule has 3 rings (SSSR count). The van der Waals surface area contributed by atoms with E-state index in [1.807, 2.05) is 24.4 Å². The lowest BCUT2D eigenvalue weighted by molar-refractivity contribution is 0.652. The molecule has 2 heterocycles. The molecule has 0 atom stereocenters. The maximum atomic E-state index is 6.05. The zero-order valence-electron chi connectivity index (χ0n) is 10.8. The number of rotatable bonds is 2. The molecule has 0 unspecified atom stereocenters. The van der Waals surface area contributed by atoms with Crippen LogP contribution in [-0.4, -0.2) is 31.2 Å². The highest BCUT2D eigenvalue weighted by Crippen LogP contribution is 2.25. The van der Waals surface area contributed by atoms with Gasteiger partial charge in [0.15, 0.2) is 5.13 Å². The molecule has 100 valence electrons. The van der Waals surface area contributed by atoms with E-state index in [-0.39, 0.29) is 0 Å². The summed E-state index contributed by atoms with van der Waals surface area (Å²) in [4.78, 5) is 10.5. The third-order valence-corrected chi connectivity index (χ3v) is 4.54. The first kappa shape index (κ1) is 12.8. The fraction of sp³-hybridized carbons (Fsp3) is 0.357. The van der Waals surface area contributed by atoms with Crippen LogP contribution in [0.3, 0.4) is 0 Å². The first-order chi connectivity index (χ1) is 9.22. The van der Waals surface area contributed by atoms with Crippen LogP contribution in [0.15, 0.2) is 30.5 Å². The van der Waals surface area contributed by atoms with Gasteiger partial charge < -0.3 is 9.80 Å². The van der Waals surface area contributed by atoms with Gasteiger partial charge in [-0.3, -0.25) is 0 Å². The summed E-state index contributed by atoms with van der Waals surface area (Å²) >= 11 is 7.81. The number of nitrogens with zero attached hydrogens (tertiary/aromatic N) is 3. The predicted octanol–water partition coefficient (Wildman–Crippen LogP) is 3.43. The van der Waals surface area contributed by atoms with Gasteiger partial charge in [-0.1, -0.05) is 17.7 Å². The molecule has 0 bridgehead atoms. The average molecular weight is 294 g/mol. The molecule has 1 aromatic carbocycles. The van der Waals surface area contributed by atoms with Crippen molar-refractivity contribution >= 4 is 33.8 Å². The molecule has 0 radical (unpaired) electrons. The standard InChI is InChI=1S/C14H16ClN3S/c1-11-10-16-14(19-11)18-7-5-17(6-8-18)13-4-2-3-12(15)9-13/h2-4,9-10H,5-8H2,1H3. The Bertz CT molecular complexity index is 561. The van der Waals surface area contributed by atoms with Crippen molar-refractivity contribution in [2.24, 2.45) is 0 Å². The number of anilines is 2. The molecule has 1 aromatic heterocycles. The van der Waals surface area contributed by atoms with Crippen LogP contribution in [0.5, 0.6) is 0 Å². The molecule has 5 heteroatoms. The van der Waals surface area contributed by atoms with Crippen LogP contribution in [0.1, 0.15) is 4.88 Å². The number of aryl methyl sites for hydroxylation is 1. The van der Waals surface area contributed by atoms with Gasteiger partial charge in [0.1, 0.15) is 0 Å². The molecule has 0 spiro atoms. The third kappa shape index (κ3) is 2.85. The lowest BCUT2D eigenvalue weighted by atomic mass is 10.2. The number of halogens is 1. The number of hydrogen-bond donors (Lipinski definition) is 0. The lowest BCUT2D eigenvalue weighted by Crippen LogP contribution is -2.46. The van der Waals surface area contributed by atoms with E-state index < -0.39 is 0 Å². The third-order valence-electron chi connectivity index (χ3n) is 3.33. The summed E-state index contributed by atoms with van der Waals surface area (Å²) in [7, 11) is 0. The Morgan fingerprint density at radius 1 is 1.16 bits per heavy atom. The van der Waals surface area contributed by atoms with Gasteiger partial charge in [0.05, 0.1) is 0 Å². The average Bonchev–Trinajstić information content (AvgIpc) is 2.86. The Balaban J connectivity index is 1.66. The van der Waals surface area contributed by atoms with Crippen molar-refractivity contribution in [1.29, 1.82) is 0 Å². The molecule has 1 aliphatic rings. The largest absolute Gasteiger partial charge is 0.368 e. The zero-order valence-corrected chi connectivity index (χ0v) is 12.4. The molecule has 0 saturated carbocycles. The van der Waals surface area contributed by atoms with E-state index in [2.05, 4.69) is 27.8 Å². The molecule has 3 nitrogen and oxygen atoms in total. The molecular weight excluding hydrogens is 278 g/mol. The highest BCUT2D eigenvalue weighted by Gasteiger charge is 2.19. The summed E-state index contributed by atoms with van der Waals surface area (Å²) < 4.78 is 0. The second-order valence-electron chi connectivity index (χ2n) is 4.71. The van der Waals surface area contributed by atoms with E-state index in [9.17, 15) is 0 Å². The quantitative estimate of drug-likeness (QED) is 0.846. The van der Waals surface area contributed by atoms with Crippen LogP contribution in [0.25, 0.3) is 0 Å². The van der Waals surface area contributed by atoms with Crippen molar-refractivity contribution in [3.8, 4) is 0 Å². The van der Waals surface area contributed by atoms with Gasteiger partial charge in [0.25, 0.3) is 0 Å². The predicted molar refractivity (Wildman–Crippen MR) is 82.7 cm³/mol. The number of hydrogen-bond acceptors (Lipinski definition) is 4. The van der Waals surface area contributed by atoms with Crippen LogP contribution >= 0.6 is 22.9 Å². The first-order valence-corrected chi connectivity index (χ1v) is 7.60. The van der Waals surface area contributed by atoms with Gasteiger partial charge >= 0.3 is 0 Å². The topological polar surface area (TPSA) is 19.4 Å². The Labute approximate surface area is 122 Å².